The smallest absolute Gasteiger partial charge is 0.216 e. The third kappa shape index (κ3) is 2.31. The SMILES string of the molecule is C#CCCc1cc(Br)cnc1F. The van der Waals surface area contributed by atoms with E-state index in [-0.39, 0.29) is 0 Å². The number of hydrogen-bond donors (Lipinski definition) is 0. The molecule has 0 spiro atoms. The van der Waals surface area contributed by atoms with Gasteiger partial charge in [-0.1, -0.05) is 0 Å². The largest absolute Gasteiger partial charge is 0.227 e. The zero-order chi connectivity index (χ0) is 8.97. The second kappa shape index (κ2) is 4.22. The number of halogens is 2. The molecule has 1 nitrogen and oxygen atoms in total. The topological polar surface area (TPSA) is 12.9 Å². The minimum atomic E-state index is -0.437. The Balaban J connectivity index is 2.84. The van der Waals surface area contributed by atoms with E-state index in [4.69, 9.17) is 6.42 Å². The van der Waals surface area contributed by atoms with Crippen LogP contribution in [0.15, 0.2) is 16.7 Å². The van der Waals surface area contributed by atoms with Gasteiger partial charge in [0, 0.05) is 22.7 Å². The lowest BCUT2D eigenvalue weighted by Gasteiger charge is -1.99. The predicted molar refractivity (Wildman–Crippen MR) is 49.0 cm³/mol. The van der Waals surface area contributed by atoms with E-state index in [2.05, 4.69) is 26.8 Å². The molecular formula is C9H7BrFN. The first-order chi connectivity index (χ1) is 5.74. The molecule has 0 aliphatic heterocycles. The van der Waals surface area contributed by atoms with Gasteiger partial charge >= 0.3 is 0 Å². The standard InChI is InChI=1S/C9H7BrFN/c1-2-3-4-7-5-8(10)6-12-9(7)11/h1,5-6H,3-4H2. The summed E-state index contributed by atoms with van der Waals surface area (Å²) in [6.45, 7) is 0. The van der Waals surface area contributed by atoms with Crippen LogP contribution < -0.4 is 0 Å². The van der Waals surface area contributed by atoms with Gasteiger partial charge in [-0.3, -0.25) is 0 Å². The highest BCUT2D eigenvalue weighted by atomic mass is 79.9. The quantitative estimate of drug-likeness (QED) is 0.559. The average Bonchev–Trinajstić information content (AvgIpc) is 2.07. The summed E-state index contributed by atoms with van der Waals surface area (Å²) in [5, 5.41) is 0. The van der Waals surface area contributed by atoms with Gasteiger partial charge in [-0.05, 0) is 28.4 Å². The Morgan fingerprint density at radius 3 is 3.08 bits per heavy atom. The van der Waals surface area contributed by atoms with Crippen molar-refractivity contribution in [3.05, 3.63) is 28.2 Å². The van der Waals surface area contributed by atoms with Crippen LogP contribution in [0.3, 0.4) is 0 Å². The van der Waals surface area contributed by atoms with Crippen molar-refractivity contribution in [1.29, 1.82) is 0 Å². The summed E-state index contributed by atoms with van der Waals surface area (Å²) in [6, 6.07) is 1.69. The molecule has 0 saturated carbocycles. The van der Waals surface area contributed by atoms with Crippen LogP contribution in [0.2, 0.25) is 0 Å². The summed E-state index contributed by atoms with van der Waals surface area (Å²) >= 11 is 3.21. The minimum Gasteiger partial charge on any atom is -0.227 e. The van der Waals surface area contributed by atoms with E-state index in [0.717, 1.165) is 4.47 Å². The van der Waals surface area contributed by atoms with Crippen molar-refractivity contribution in [3.63, 3.8) is 0 Å². The lowest BCUT2D eigenvalue weighted by molar-refractivity contribution is 0.566. The summed E-state index contributed by atoms with van der Waals surface area (Å²) in [4.78, 5) is 3.55. The fourth-order valence-electron chi connectivity index (χ4n) is 0.847. The van der Waals surface area contributed by atoms with Crippen LogP contribution in [-0.4, -0.2) is 4.98 Å². The summed E-state index contributed by atoms with van der Waals surface area (Å²) in [6.07, 6.45) is 7.56. The molecule has 1 aromatic rings. The summed E-state index contributed by atoms with van der Waals surface area (Å²) in [7, 11) is 0. The Morgan fingerprint density at radius 1 is 1.67 bits per heavy atom. The first kappa shape index (κ1) is 9.21. The number of aryl methyl sites for hydroxylation is 1. The van der Waals surface area contributed by atoms with Gasteiger partial charge in [0.1, 0.15) is 0 Å². The number of hydrogen-bond acceptors (Lipinski definition) is 1. The normalized spacial score (nSPS) is 9.42. The van der Waals surface area contributed by atoms with Crippen LogP contribution in [-0.2, 0) is 6.42 Å². The molecule has 0 aromatic carbocycles. The second-order valence-electron chi connectivity index (χ2n) is 2.31. The van der Waals surface area contributed by atoms with Gasteiger partial charge in [0.15, 0.2) is 0 Å². The van der Waals surface area contributed by atoms with Crippen molar-refractivity contribution in [2.24, 2.45) is 0 Å². The maximum atomic E-state index is 12.9. The van der Waals surface area contributed by atoms with E-state index in [1.54, 1.807) is 6.07 Å². The Kier molecular flexibility index (Phi) is 3.24. The van der Waals surface area contributed by atoms with E-state index in [9.17, 15) is 4.39 Å². The molecule has 0 aliphatic rings. The van der Waals surface area contributed by atoms with E-state index in [1.807, 2.05) is 0 Å². The van der Waals surface area contributed by atoms with Crippen LogP contribution >= 0.6 is 15.9 Å². The molecule has 0 aliphatic carbocycles. The monoisotopic (exact) mass is 227 g/mol. The molecule has 1 heterocycles. The molecule has 0 radical (unpaired) electrons. The molecule has 3 heteroatoms. The minimum absolute atomic E-state index is 0.437. The summed E-state index contributed by atoms with van der Waals surface area (Å²) in [5.41, 5.74) is 0.558. The van der Waals surface area contributed by atoms with Gasteiger partial charge in [-0.25, -0.2) is 4.98 Å². The summed E-state index contributed by atoms with van der Waals surface area (Å²) < 4.78 is 13.7. The highest BCUT2D eigenvalue weighted by Gasteiger charge is 2.02. The van der Waals surface area contributed by atoms with Gasteiger partial charge in [0.25, 0.3) is 0 Å². The lowest BCUT2D eigenvalue weighted by atomic mass is 10.1. The highest BCUT2D eigenvalue weighted by Crippen LogP contribution is 2.14. The molecule has 12 heavy (non-hydrogen) atoms. The molecule has 0 atom stereocenters. The molecular weight excluding hydrogens is 221 g/mol. The zero-order valence-electron chi connectivity index (χ0n) is 6.35. The first-order valence-electron chi connectivity index (χ1n) is 3.47. The molecule has 0 fully saturated rings. The van der Waals surface area contributed by atoms with Crippen molar-refractivity contribution in [2.45, 2.75) is 12.8 Å². The van der Waals surface area contributed by atoms with Crippen LogP contribution in [0.25, 0.3) is 0 Å². The van der Waals surface area contributed by atoms with E-state index < -0.39 is 5.95 Å². The van der Waals surface area contributed by atoms with Gasteiger partial charge < -0.3 is 0 Å². The third-order valence-corrected chi connectivity index (χ3v) is 1.85. The van der Waals surface area contributed by atoms with Crippen molar-refractivity contribution < 1.29 is 4.39 Å². The second-order valence-corrected chi connectivity index (χ2v) is 3.22. The van der Waals surface area contributed by atoms with Crippen molar-refractivity contribution in [3.8, 4) is 12.3 Å². The fourth-order valence-corrected chi connectivity index (χ4v) is 1.23. The third-order valence-electron chi connectivity index (χ3n) is 1.42. The molecule has 0 saturated heterocycles. The number of terminal acetylenes is 1. The Morgan fingerprint density at radius 2 is 2.42 bits per heavy atom. The van der Waals surface area contributed by atoms with Crippen molar-refractivity contribution in [2.75, 3.05) is 0 Å². The molecule has 1 rings (SSSR count). The number of nitrogens with zero attached hydrogens (tertiary/aromatic N) is 1. The van der Waals surface area contributed by atoms with Gasteiger partial charge in [0.05, 0.1) is 0 Å². The molecule has 0 unspecified atom stereocenters. The van der Waals surface area contributed by atoms with Gasteiger partial charge in [-0.15, -0.1) is 12.3 Å². The molecule has 0 amide bonds. The van der Waals surface area contributed by atoms with E-state index >= 15 is 0 Å². The Labute approximate surface area is 79.1 Å². The lowest BCUT2D eigenvalue weighted by Crippen LogP contribution is -1.93. The molecule has 1 aromatic heterocycles. The summed E-state index contributed by atoms with van der Waals surface area (Å²) in [5.74, 6) is 2.02. The van der Waals surface area contributed by atoms with E-state index in [1.165, 1.54) is 6.20 Å². The van der Waals surface area contributed by atoms with Gasteiger partial charge in [-0.2, -0.15) is 4.39 Å². The fraction of sp³-hybridized carbons (Fsp3) is 0.222. The molecule has 0 bridgehead atoms. The number of aromatic nitrogens is 1. The molecule has 0 N–H and O–H groups in total. The maximum absolute atomic E-state index is 12.9. The van der Waals surface area contributed by atoms with Crippen LogP contribution in [0.5, 0.6) is 0 Å². The zero-order valence-corrected chi connectivity index (χ0v) is 7.94. The Bertz CT molecular complexity index is 317. The highest BCUT2D eigenvalue weighted by molar-refractivity contribution is 9.10. The van der Waals surface area contributed by atoms with Crippen molar-refractivity contribution >= 4 is 15.9 Å². The predicted octanol–water partition coefficient (Wildman–Crippen LogP) is 2.55. The van der Waals surface area contributed by atoms with E-state index in [0.29, 0.717) is 18.4 Å². The van der Waals surface area contributed by atoms with Crippen LogP contribution in [0.4, 0.5) is 4.39 Å². The van der Waals surface area contributed by atoms with Crippen LogP contribution in [0.1, 0.15) is 12.0 Å². The average molecular weight is 228 g/mol. The van der Waals surface area contributed by atoms with Crippen LogP contribution in [0, 0.1) is 18.3 Å². The van der Waals surface area contributed by atoms with Crippen molar-refractivity contribution in [1.82, 2.24) is 4.98 Å². The molecule has 62 valence electrons. The maximum Gasteiger partial charge on any atom is 0.216 e. The number of rotatable bonds is 2. The Hall–Kier alpha value is -0.880. The number of pyridine rings is 1. The van der Waals surface area contributed by atoms with Gasteiger partial charge in [0.2, 0.25) is 5.95 Å². The first-order valence-corrected chi connectivity index (χ1v) is 4.26.